The van der Waals surface area contributed by atoms with E-state index in [1.54, 1.807) is 24.4 Å². The van der Waals surface area contributed by atoms with Gasteiger partial charge in [-0.2, -0.15) is 0 Å². The van der Waals surface area contributed by atoms with Crippen molar-refractivity contribution in [2.45, 2.75) is 20.5 Å². The van der Waals surface area contributed by atoms with Crippen LogP contribution in [-0.2, 0) is 11.4 Å². The predicted molar refractivity (Wildman–Crippen MR) is 79.3 cm³/mol. The highest BCUT2D eigenvalue weighted by Crippen LogP contribution is 2.18. The van der Waals surface area contributed by atoms with E-state index in [4.69, 9.17) is 4.74 Å². The Labute approximate surface area is 123 Å². The maximum absolute atomic E-state index is 11.5. The van der Waals surface area contributed by atoms with E-state index >= 15 is 0 Å². The molecule has 0 aliphatic carbocycles. The quantitative estimate of drug-likeness (QED) is 0.857. The molecule has 0 aliphatic rings. The summed E-state index contributed by atoms with van der Waals surface area (Å²) < 4.78 is 5.65. The first-order chi connectivity index (χ1) is 10.1. The molecule has 0 saturated heterocycles. The fraction of sp³-hybridized carbons (Fsp3) is 0.188. The Morgan fingerprint density at radius 2 is 2.00 bits per heavy atom. The van der Waals surface area contributed by atoms with E-state index in [-0.39, 0.29) is 11.7 Å². The number of rotatable bonds is 5. The van der Waals surface area contributed by atoms with Gasteiger partial charge in [0.2, 0.25) is 5.91 Å². The zero-order valence-electron chi connectivity index (χ0n) is 11.9. The molecule has 1 heterocycles. The van der Waals surface area contributed by atoms with Gasteiger partial charge in [0.25, 0.3) is 0 Å². The summed E-state index contributed by atoms with van der Waals surface area (Å²) in [7, 11) is 0. The van der Waals surface area contributed by atoms with Gasteiger partial charge in [-0.3, -0.25) is 9.59 Å². The van der Waals surface area contributed by atoms with E-state index in [1.165, 1.54) is 13.8 Å². The Morgan fingerprint density at radius 3 is 2.71 bits per heavy atom. The van der Waals surface area contributed by atoms with Gasteiger partial charge >= 0.3 is 0 Å². The molecule has 5 heteroatoms. The highest BCUT2D eigenvalue weighted by molar-refractivity contribution is 5.94. The Balaban J connectivity index is 2.10. The number of pyridine rings is 1. The number of aromatic nitrogens is 1. The molecule has 1 amide bonds. The number of hydrogen-bond donors (Lipinski definition) is 1. The summed E-state index contributed by atoms with van der Waals surface area (Å²) in [6.07, 6.45) is 1.56. The zero-order chi connectivity index (χ0) is 15.2. The molecule has 0 saturated carbocycles. The Bertz CT molecular complexity index is 668. The van der Waals surface area contributed by atoms with Crippen molar-refractivity contribution in [1.29, 1.82) is 0 Å². The van der Waals surface area contributed by atoms with Crippen LogP contribution in [0.15, 0.2) is 42.6 Å². The van der Waals surface area contributed by atoms with E-state index in [1.807, 2.05) is 18.2 Å². The van der Waals surface area contributed by atoms with E-state index in [9.17, 15) is 9.59 Å². The molecule has 0 atom stereocenters. The molecule has 0 fully saturated rings. The molecule has 1 aromatic heterocycles. The predicted octanol–water partition coefficient (Wildman–Crippen LogP) is 2.82. The lowest BCUT2D eigenvalue weighted by atomic mass is 10.2. The summed E-state index contributed by atoms with van der Waals surface area (Å²) >= 11 is 0. The second kappa shape index (κ2) is 6.65. The summed E-state index contributed by atoms with van der Waals surface area (Å²) in [6.45, 7) is 3.20. The number of amides is 1. The van der Waals surface area contributed by atoms with Crippen LogP contribution in [0, 0.1) is 0 Å². The molecule has 1 aromatic carbocycles. The largest absolute Gasteiger partial charge is 0.487 e. The fourth-order valence-electron chi connectivity index (χ4n) is 1.87. The number of ether oxygens (including phenoxy) is 1. The second-order valence-corrected chi connectivity index (χ2v) is 4.58. The lowest BCUT2D eigenvalue weighted by Gasteiger charge is -2.10. The highest BCUT2D eigenvalue weighted by atomic mass is 16.5. The minimum atomic E-state index is -0.141. The number of ketones is 1. The molecule has 0 unspecified atom stereocenters. The molecule has 0 radical (unpaired) electrons. The standard InChI is InChI=1S/C16H16N2O3/c1-11(19)16-15(7-4-8-17-16)21-10-13-5-3-6-14(9-13)18-12(2)20/h3-9H,10H2,1-2H3,(H,18,20). The minimum Gasteiger partial charge on any atom is -0.487 e. The summed E-state index contributed by atoms with van der Waals surface area (Å²) in [4.78, 5) is 26.5. The van der Waals surface area contributed by atoms with E-state index in [2.05, 4.69) is 10.3 Å². The van der Waals surface area contributed by atoms with Crippen molar-refractivity contribution in [3.63, 3.8) is 0 Å². The number of Topliss-reactive ketones (excluding diaryl/α,β-unsaturated/α-hetero) is 1. The maximum Gasteiger partial charge on any atom is 0.221 e. The topological polar surface area (TPSA) is 68.3 Å². The lowest BCUT2D eigenvalue weighted by Crippen LogP contribution is -2.07. The number of anilines is 1. The molecule has 5 nitrogen and oxygen atoms in total. The van der Waals surface area contributed by atoms with Crippen molar-refractivity contribution < 1.29 is 14.3 Å². The molecule has 1 N–H and O–H groups in total. The first-order valence-corrected chi connectivity index (χ1v) is 6.51. The van der Waals surface area contributed by atoms with Gasteiger partial charge in [-0.1, -0.05) is 12.1 Å². The van der Waals surface area contributed by atoms with Crippen molar-refractivity contribution in [3.05, 3.63) is 53.9 Å². The number of carbonyl (C=O) groups is 2. The van der Waals surface area contributed by atoms with Crippen molar-refractivity contribution in [1.82, 2.24) is 4.98 Å². The Kier molecular flexibility index (Phi) is 4.66. The summed E-state index contributed by atoms with van der Waals surface area (Å²) in [5.74, 6) is 0.187. The number of nitrogens with one attached hydrogen (secondary N) is 1. The van der Waals surface area contributed by atoms with Crippen LogP contribution in [0.5, 0.6) is 5.75 Å². The lowest BCUT2D eigenvalue weighted by molar-refractivity contribution is -0.114. The van der Waals surface area contributed by atoms with Crippen LogP contribution in [0.4, 0.5) is 5.69 Å². The summed E-state index contributed by atoms with van der Waals surface area (Å²) in [6, 6.07) is 10.8. The molecule has 0 spiro atoms. The highest BCUT2D eigenvalue weighted by Gasteiger charge is 2.09. The van der Waals surface area contributed by atoms with Crippen LogP contribution in [0.25, 0.3) is 0 Å². The third kappa shape index (κ3) is 4.14. The van der Waals surface area contributed by atoms with Crippen molar-refractivity contribution in [3.8, 4) is 5.75 Å². The molecule has 2 aromatic rings. The molecule has 2 rings (SSSR count). The van der Waals surface area contributed by atoms with E-state index < -0.39 is 0 Å². The number of benzene rings is 1. The monoisotopic (exact) mass is 284 g/mol. The second-order valence-electron chi connectivity index (χ2n) is 4.58. The average Bonchev–Trinajstić information content (AvgIpc) is 2.45. The van der Waals surface area contributed by atoms with Gasteiger partial charge in [0.05, 0.1) is 0 Å². The Hall–Kier alpha value is -2.69. The van der Waals surface area contributed by atoms with Gasteiger partial charge in [-0.15, -0.1) is 0 Å². The number of hydrogen-bond acceptors (Lipinski definition) is 4. The van der Waals surface area contributed by atoms with Crippen LogP contribution >= 0.6 is 0 Å². The van der Waals surface area contributed by atoms with Crippen molar-refractivity contribution in [2.75, 3.05) is 5.32 Å². The van der Waals surface area contributed by atoms with Gasteiger partial charge in [0.15, 0.2) is 5.78 Å². The van der Waals surface area contributed by atoms with Crippen LogP contribution in [0.1, 0.15) is 29.9 Å². The first kappa shape index (κ1) is 14.7. The van der Waals surface area contributed by atoms with Gasteiger partial charge in [0, 0.05) is 25.7 Å². The third-order valence-corrected chi connectivity index (χ3v) is 2.75. The number of carbonyl (C=O) groups excluding carboxylic acids is 2. The fourth-order valence-corrected chi connectivity index (χ4v) is 1.87. The smallest absolute Gasteiger partial charge is 0.221 e. The molecule has 21 heavy (non-hydrogen) atoms. The average molecular weight is 284 g/mol. The van der Waals surface area contributed by atoms with Crippen molar-refractivity contribution >= 4 is 17.4 Å². The maximum atomic E-state index is 11.5. The normalized spacial score (nSPS) is 10.0. The SMILES string of the molecule is CC(=O)Nc1cccc(COc2cccnc2C(C)=O)c1. The van der Waals surface area contributed by atoms with E-state index in [0.717, 1.165) is 5.56 Å². The summed E-state index contributed by atoms with van der Waals surface area (Å²) in [5, 5.41) is 2.71. The Morgan fingerprint density at radius 1 is 1.19 bits per heavy atom. The van der Waals surface area contributed by atoms with Crippen LogP contribution < -0.4 is 10.1 Å². The van der Waals surface area contributed by atoms with Gasteiger partial charge in [-0.05, 0) is 29.8 Å². The molecule has 108 valence electrons. The van der Waals surface area contributed by atoms with E-state index in [0.29, 0.717) is 23.7 Å². The molecular formula is C16H16N2O3. The molecule has 0 aliphatic heterocycles. The van der Waals surface area contributed by atoms with Gasteiger partial charge in [0.1, 0.15) is 18.1 Å². The van der Waals surface area contributed by atoms with Crippen LogP contribution in [0.2, 0.25) is 0 Å². The van der Waals surface area contributed by atoms with Gasteiger partial charge in [-0.25, -0.2) is 4.98 Å². The van der Waals surface area contributed by atoms with Crippen molar-refractivity contribution in [2.24, 2.45) is 0 Å². The van der Waals surface area contributed by atoms with Gasteiger partial charge < -0.3 is 10.1 Å². The number of nitrogens with zero attached hydrogens (tertiary/aromatic N) is 1. The molecular weight excluding hydrogens is 268 g/mol. The first-order valence-electron chi connectivity index (χ1n) is 6.51. The van der Waals surface area contributed by atoms with Crippen LogP contribution in [0.3, 0.4) is 0 Å². The minimum absolute atomic E-state index is 0.126. The van der Waals surface area contributed by atoms with Crippen LogP contribution in [-0.4, -0.2) is 16.7 Å². The summed E-state index contributed by atoms with van der Waals surface area (Å²) in [5.41, 5.74) is 1.91. The zero-order valence-corrected chi connectivity index (χ0v) is 11.9. The molecule has 0 bridgehead atoms. The third-order valence-electron chi connectivity index (χ3n) is 2.75.